The average molecular weight is 308 g/mol. The van der Waals surface area contributed by atoms with E-state index in [1.54, 1.807) is 24.8 Å². The summed E-state index contributed by atoms with van der Waals surface area (Å²) >= 11 is 7.27. The fourth-order valence-corrected chi connectivity index (χ4v) is 5.66. The maximum absolute atomic E-state index is 5.53. The maximum atomic E-state index is 5.53. The summed E-state index contributed by atoms with van der Waals surface area (Å²) in [4.78, 5) is 4.58. The van der Waals surface area contributed by atoms with Crippen LogP contribution in [0.3, 0.4) is 0 Å². The van der Waals surface area contributed by atoms with E-state index in [0.717, 1.165) is 5.75 Å². The second kappa shape index (κ2) is 9.35. The second-order valence-electron chi connectivity index (χ2n) is 4.57. The van der Waals surface area contributed by atoms with Gasteiger partial charge < -0.3 is 9.61 Å². The van der Waals surface area contributed by atoms with Crippen LogP contribution in [-0.2, 0) is 16.3 Å². The van der Waals surface area contributed by atoms with Crippen molar-refractivity contribution in [1.82, 2.24) is 5.09 Å². The van der Waals surface area contributed by atoms with Crippen molar-refractivity contribution in [2.45, 2.75) is 57.9 Å². The molecule has 0 aliphatic heterocycles. The van der Waals surface area contributed by atoms with Gasteiger partial charge in [0.2, 0.25) is 5.62 Å². The van der Waals surface area contributed by atoms with Gasteiger partial charge in [0.25, 0.3) is 0 Å². The highest BCUT2D eigenvalue weighted by Crippen LogP contribution is 2.55. The molecule has 1 aliphatic rings. The minimum atomic E-state index is -1.95. The molecule has 0 heterocycles. The zero-order chi connectivity index (χ0) is 13.3. The summed E-state index contributed by atoms with van der Waals surface area (Å²) in [5.41, 5.74) is -1.95. The fraction of sp³-hybridized carbons (Fsp3) is 0.917. The van der Waals surface area contributed by atoms with E-state index in [1.165, 1.54) is 44.9 Å². The van der Waals surface area contributed by atoms with Crippen molar-refractivity contribution in [3.8, 4) is 0 Å². The number of hydrogen-bond donors (Lipinski definition) is 1. The van der Waals surface area contributed by atoms with E-state index in [0.29, 0.717) is 6.04 Å². The van der Waals surface area contributed by atoms with Crippen molar-refractivity contribution >= 4 is 35.1 Å². The Morgan fingerprint density at radius 3 is 2.78 bits per heavy atom. The predicted octanol–water partition coefficient (Wildman–Crippen LogP) is 4.34. The molecule has 1 aliphatic carbocycles. The van der Waals surface area contributed by atoms with Gasteiger partial charge in [-0.15, -0.1) is 0 Å². The van der Waals surface area contributed by atoms with Crippen LogP contribution >= 0.6 is 17.0 Å². The molecule has 18 heavy (non-hydrogen) atoms. The van der Waals surface area contributed by atoms with E-state index in [1.807, 2.05) is 0 Å². The summed E-state index contributed by atoms with van der Waals surface area (Å²) in [7, 11) is 1.70. The molecule has 0 spiro atoms. The van der Waals surface area contributed by atoms with Crippen LogP contribution in [0.25, 0.3) is 0 Å². The highest BCUT2D eigenvalue weighted by molar-refractivity contribution is 8.68. The Bertz CT molecular complexity index is 294. The molecule has 3 nitrogen and oxygen atoms in total. The summed E-state index contributed by atoms with van der Waals surface area (Å²) < 4.78 is 5.46. The Morgan fingerprint density at radius 2 is 2.17 bits per heavy atom. The Balaban J connectivity index is 2.32. The second-order valence-corrected chi connectivity index (χ2v) is 11.4. The van der Waals surface area contributed by atoms with Gasteiger partial charge in [0, 0.05) is 12.9 Å². The molecule has 1 unspecified atom stereocenters. The molecule has 1 atom stereocenters. The van der Waals surface area contributed by atoms with Gasteiger partial charge >= 0.3 is 0 Å². The summed E-state index contributed by atoms with van der Waals surface area (Å²) in [6.07, 6.45) is 10.6. The molecule has 0 aromatic rings. The summed E-state index contributed by atoms with van der Waals surface area (Å²) in [6, 6.07) is 0.493. The van der Waals surface area contributed by atoms with E-state index < -0.39 is 5.62 Å². The molecule has 0 saturated heterocycles. The van der Waals surface area contributed by atoms with Gasteiger partial charge in [0.15, 0.2) is 0 Å². The van der Waals surface area contributed by atoms with E-state index in [2.05, 4.69) is 17.0 Å². The van der Waals surface area contributed by atoms with Crippen LogP contribution in [0.2, 0.25) is 0 Å². The van der Waals surface area contributed by atoms with Gasteiger partial charge in [-0.1, -0.05) is 44.0 Å². The van der Waals surface area contributed by atoms with Crippen LogP contribution in [0.1, 0.15) is 51.9 Å². The van der Waals surface area contributed by atoms with Crippen molar-refractivity contribution in [3.63, 3.8) is 0 Å². The van der Waals surface area contributed by atoms with Gasteiger partial charge in [-0.25, -0.2) is 0 Å². The van der Waals surface area contributed by atoms with Crippen LogP contribution in [-0.4, -0.2) is 25.2 Å². The van der Waals surface area contributed by atoms with E-state index >= 15 is 0 Å². The van der Waals surface area contributed by atoms with Crippen molar-refractivity contribution in [3.05, 3.63) is 0 Å². The molecule has 0 bridgehead atoms. The normalized spacial score (nSPS) is 21.0. The van der Waals surface area contributed by atoms with Crippen molar-refractivity contribution in [2.75, 3.05) is 12.9 Å². The fourth-order valence-electron chi connectivity index (χ4n) is 1.91. The number of nitrogens with zero attached hydrogens (tertiary/aromatic N) is 1. The minimum Gasteiger partial charge on any atom is -0.330 e. The van der Waals surface area contributed by atoms with Gasteiger partial charge in [0.05, 0.1) is 12.4 Å². The molecule has 0 radical (unpaired) electrons. The van der Waals surface area contributed by atoms with Crippen molar-refractivity contribution < 1.29 is 4.52 Å². The van der Waals surface area contributed by atoms with Crippen LogP contribution in [0, 0.1) is 0 Å². The molecular weight excluding hydrogens is 283 g/mol. The molecule has 0 aromatic carbocycles. The highest BCUT2D eigenvalue weighted by atomic mass is 32.9. The smallest absolute Gasteiger partial charge is 0.210 e. The zero-order valence-electron chi connectivity index (χ0n) is 11.4. The first-order valence-electron chi connectivity index (χ1n) is 6.80. The monoisotopic (exact) mass is 308 g/mol. The van der Waals surface area contributed by atoms with Crippen molar-refractivity contribution in [2.24, 2.45) is 4.99 Å². The Hall–Kier alpha value is 0.430. The Labute approximate surface area is 120 Å². The molecule has 1 N–H and O–H groups in total. The Kier molecular flexibility index (Phi) is 8.56. The maximum Gasteiger partial charge on any atom is 0.210 e. The number of aliphatic imine (C=N–C) groups is 1. The van der Waals surface area contributed by atoms with Gasteiger partial charge in [-0.2, -0.15) is 0 Å². The SMILES string of the molecule is CCCCSP(=S)(NC=NC1CCCCC1)OC. The topological polar surface area (TPSA) is 33.6 Å². The number of rotatable bonds is 8. The predicted molar refractivity (Wildman–Crippen MR) is 87.2 cm³/mol. The van der Waals surface area contributed by atoms with Crippen LogP contribution < -0.4 is 5.09 Å². The quantitative estimate of drug-likeness (QED) is 0.313. The van der Waals surface area contributed by atoms with Crippen LogP contribution in [0.15, 0.2) is 4.99 Å². The number of hydrogen-bond acceptors (Lipinski definition) is 4. The van der Waals surface area contributed by atoms with Gasteiger partial charge in [0.1, 0.15) is 0 Å². The highest BCUT2D eigenvalue weighted by Gasteiger charge is 2.15. The minimum absolute atomic E-state index is 0.493. The largest absolute Gasteiger partial charge is 0.330 e. The first-order chi connectivity index (χ1) is 8.70. The zero-order valence-corrected chi connectivity index (χ0v) is 14.0. The van der Waals surface area contributed by atoms with Gasteiger partial charge in [-0.3, -0.25) is 4.99 Å². The van der Waals surface area contributed by atoms with Gasteiger partial charge in [-0.05, 0) is 31.1 Å². The third kappa shape index (κ3) is 6.55. The van der Waals surface area contributed by atoms with Crippen LogP contribution in [0.4, 0.5) is 0 Å². The van der Waals surface area contributed by atoms with E-state index in [4.69, 9.17) is 16.3 Å². The third-order valence-corrected chi connectivity index (χ3v) is 8.84. The summed E-state index contributed by atoms with van der Waals surface area (Å²) in [6.45, 7) is 2.19. The lowest BCUT2D eigenvalue weighted by Crippen LogP contribution is -2.14. The molecule has 6 heteroatoms. The first-order valence-corrected chi connectivity index (χ1v) is 11.1. The molecule has 1 rings (SSSR count). The average Bonchev–Trinajstić information content (AvgIpc) is 2.40. The molecule has 1 saturated carbocycles. The van der Waals surface area contributed by atoms with E-state index in [-0.39, 0.29) is 0 Å². The first kappa shape index (κ1) is 16.5. The number of nitrogens with one attached hydrogen (secondary N) is 1. The van der Waals surface area contributed by atoms with Crippen LogP contribution in [0.5, 0.6) is 0 Å². The molecule has 0 aromatic heterocycles. The van der Waals surface area contributed by atoms with E-state index in [9.17, 15) is 0 Å². The molecule has 106 valence electrons. The third-order valence-electron chi connectivity index (χ3n) is 3.08. The molecule has 1 fully saturated rings. The number of unbranched alkanes of at least 4 members (excludes halogenated alkanes) is 1. The van der Waals surface area contributed by atoms with Crippen molar-refractivity contribution in [1.29, 1.82) is 0 Å². The lowest BCUT2D eigenvalue weighted by molar-refractivity contribution is 0.443. The molecule has 0 amide bonds. The lowest BCUT2D eigenvalue weighted by atomic mass is 9.96. The Morgan fingerprint density at radius 1 is 1.44 bits per heavy atom. The summed E-state index contributed by atoms with van der Waals surface area (Å²) in [5.74, 6) is 1.06. The summed E-state index contributed by atoms with van der Waals surface area (Å²) in [5, 5.41) is 3.23. The lowest BCUT2D eigenvalue weighted by Gasteiger charge is -2.20. The molecular formula is C12H25N2OPS2. The standard InChI is InChI=1S/C12H25N2OPS2/c1-3-4-10-18-16(17,15-2)14-11-13-12-8-6-5-7-9-12/h11-12H,3-10H2,1-2H3,(H,13,14,17).